The zero-order chi connectivity index (χ0) is 13.8. The average molecular weight is 327 g/mol. The third kappa shape index (κ3) is 3.47. The second kappa shape index (κ2) is 6.06. The molecule has 6 heteroatoms. The van der Waals surface area contributed by atoms with Crippen LogP contribution in [0.3, 0.4) is 0 Å². The van der Waals surface area contributed by atoms with E-state index in [1.54, 1.807) is 17.0 Å². The molecule has 0 saturated carbocycles. The summed E-state index contributed by atoms with van der Waals surface area (Å²) < 4.78 is 0.667. The molecule has 1 aliphatic heterocycles. The Morgan fingerprint density at radius 1 is 1.21 bits per heavy atom. The highest BCUT2D eigenvalue weighted by Gasteiger charge is 2.19. The van der Waals surface area contributed by atoms with Gasteiger partial charge in [-0.1, -0.05) is 15.9 Å². The largest absolute Gasteiger partial charge is 0.478 e. The molecule has 0 atom stereocenters. The topological polar surface area (TPSA) is 69.6 Å². The molecule has 102 valence electrons. The van der Waals surface area contributed by atoms with Gasteiger partial charge in [-0.05, 0) is 37.5 Å². The van der Waals surface area contributed by atoms with Gasteiger partial charge in [-0.3, -0.25) is 0 Å². The number of carboxylic acids is 1. The van der Waals surface area contributed by atoms with Crippen molar-refractivity contribution in [1.29, 1.82) is 0 Å². The molecule has 19 heavy (non-hydrogen) atoms. The molecule has 1 aromatic rings. The minimum absolute atomic E-state index is 0.0831. The van der Waals surface area contributed by atoms with Crippen LogP contribution in [0.25, 0.3) is 0 Å². The highest BCUT2D eigenvalue weighted by atomic mass is 79.9. The lowest BCUT2D eigenvalue weighted by Crippen LogP contribution is -2.38. The van der Waals surface area contributed by atoms with Crippen LogP contribution in [0.1, 0.15) is 29.6 Å². The van der Waals surface area contributed by atoms with Crippen LogP contribution in [0.2, 0.25) is 0 Å². The van der Waals surface area contributed by atoms with Crippen LogP contribution < -0.4 is 5.32 Å². The van der Waals surface area contributed by atoms with Gasteiger partial charge in [-0.2, -0.15) is 0 Å². The van der Waals surface area contributed by atoms with E-state index >= 15 is 0 Å². The number of halogens is 1. The number of piperidine rings is 1. The molecule has 1 aliphatic rings. The third-order valence-corrected chi connectivity index (χ3v) is 3.59. The quantitative estimate of drug-likeness (QED) is 0.877. The van der Waals surface area contributed by atoms with E-state index in [1.807, 2.05) is 0 Å². The molecule has 1 saturated heterocycles. The Hall–Kier alpha value is -1.56. The number of carbonyl (C=O) groups is 2. The van der Waals surface area contributed by atoms with Gasteiger partial charge in [0.15, 0.2) is 0 Å². The predicted molar refractivity (Wildman–Crippen MR) is 75.5 cm³/mol. The van der Waals surface area contributed by atoms with Crippen LogP contribution in [0.4, 0.5) is 10.5 Å². The summed E-state index contributed by atoms with van der Waals surface area (Å²) in [6.45, 7) is 1.45. The standard InChI is InChI=1S/C13H15BrN2O3/c14-9-4-5-11(10(8-9)12(17)18)15-13(19)16-6-2-1-3-7-16/h4-5,8H,1-3,6-7H2,(H,15,19)(H,17,18). The highest BCUT2D eigenvalue weighted by Crippen LogP contribution is 2.22. The number of carbonyl (C=O) groups excluding carboxylic acids is 1. The van der Waals surface area contributed by atoms with Crippen molar-refractivity contribution in [1.82, 2.24) is 4.90 Å². The van der Waals surface area contributed by atoms with Gasteiger partial charge in [0, 0.05) is 17.6 Å². The van der Waals surface area contributed by atoms with Gasteiger partial charge in [0.05, 0.1) is 11.3 Å². The lowest BCUT2D eigenvalue weighted by atomic mass is 10.1. The SMILES string of the molecule is O=C(O)c1cc(Br)ccc1NC(=O)N1CCCCC1. The molecule has 2 rings (SSSR count). The number of nitrogens with one attached hydrogen (secondary N) is 1. The van der Waals surface area contributed by atoms with Crippen molar-refractivity contribution in [2.45, 2.75) is 19.3 Å². The van der Waals surface area contributed by atoms with Crippen molar-refractivity contribution >= 4 is 33.6 Å². The lowest BCUT2D eigenvalue weighted by molar-refractivity contribution is 0.0698. The molecule has 0 aromatic heterocycles. The van der Waals surface area contributed by atoms with Crippen LogP contribution in [0.5, 0.6) is 0 Å². The van der Waals surface area contributed by atoms with Crippen LogP contribution in [-0.4, -0.2) is 35.1 Å². The number of amides is 2. The number of urea groups is 1. The Morgan fingerprint density at radius 3 is 2.53 bits per heavy atom. The fourth-order valence-corrected chi connectivity index (χ4v) is 2.45. The Balaban J connectivity index is 2.13. The molecule has 1 fully saturated rings. The summed E-state index contributed by atoms with van der Waals surface area (Å²) in [5.74, 6) is -1.06. The van der Waals surface area contributed by atoms with Gasteiger partial charge in [-0.15, -0.1) is 0 Å². The second-order valence-corrected chi connectivity index (χ2v) is 5.39. The summed E-state index contributed by atoms with van der Waals surface area (Å²) in [6, 6.07) is 4.55. The van der Waals surface area contributed by atoms with Gasteiger partial charge < -0.3 is 15.3 Å². The molecule has 0 aliphatic carbocycles. The fraction of sp³-hybridized carbons (Fsp3) is 0.385. The maximum atomic E-state index is 12.0. The number of rotatable bonds is 2. The molecule has 0 bridgehead atoms. The first-order valence-electron chi connectivity index (χ1n) is 6.16. The first-order valence-corrected chi connectivity index (χ1v) is 6.96. The molecule has 2 amide bonds. The summed E-state index contributed by atoms with van der Waals surface area (Å²) in [5.41, 5.74) is 0.408. The van der Waals surface area contributed by atoms with Crippen molar-refractivity contribution in [3.63, 3.8) is 0 Å². The normalized spacial score (nSPS) is 15.1. The average Bonchev–Trinajstić information content (AvgIpc) is 2.41. The van der Waals surface area contributed by atoms with Crippen LogP contribution >= 0.6 is 15.9 Å². The highest BCUT2D eigenvalue weighted by molar-refractivity contribution is 9.10. The zero-order valence-corrected chi connectivity index (χ0v) is 11.9. The van der Waals surface area contributed by atoms with Crippen LogP contribution in [0, 0.1) is 0 Å². The van der Waals surface area contributed by atoms with E-state index in [-0.39, 0.29) is 11.6 Å². The summed E-state index contributed by atoms with van der Waals surface area (Å²) in [4.78, 5) is 24.9. The van der Waals surface area contributed by atoms with Gasteiger partial charge in [0.1, 0.15) is 0 Å². The predicted octanol–water partition coefficient (Wildman–Crippen LogP) is 3.17. The number of benzene rings is 1. The van der Waals surface area contributed by atoms with Crippen molar-refractivity contribution in [2.24, 2.45) is 0 Å². The number of nitrogens with zero attached hydrogens (tertiary/aromatic N) is 1. The maximum Gasteiger partial charge on any atom is 0.337 e. The number of anilines is 1. The van der Waals surface area contributed by atoms with Gasteiger partial charge in [-0.25, -0.2) is 9.59 Å². The number of carboxylic acid groups (broad SMARTS) is 1. The van der Waals surface area contributed by atoms with E-state index in [0.29, 0.717) is 10.2 Å². The Bertz CT molecular complexity index is 499. The van der Waals surface area contributed by atoms with E-state index < -0.39 is 5.97 Å². The van der Waals surface area contributed by atoms with Crippen molar-refractivity contribution in [2.75, 3.05) is 18.4 Å². The number of hydrogen-bond donors (Lipinski definition) is 2. The Kier molecular flexibility index (Phi) is 4.42. The third-order valence-electron chi connectivity index (χ3n) is 3.10. The first kappa shape index (κ1) is 13.9. The summed E-state index contributed by atoms with van der Waals surface area (Å²) in [6.07, 6.45) is 3.14. The molecule has 5 nitrogen and oxygen atoms in total. The number of hydrogen-bond acceptors (Lipinski definition) is 2. The van der Waals surface area contributed by atoms with Crippen molar-refractivity contribution in [3.05, 3.63) is 28.2 Å². The molecule has 0 spiro atoms. The zero-order valence-electron chi connectivity index (χ0n) is 10.4. The van der Waals surface area contributed by atoms with Gasteiger partial charge in [0.2, 0.25) is 0 Å². The Labute approximate surface area is 119 Å². The lowest BCUT2D eigenvalue weighted by Gasteiger charge is -2.27. The van der Waals surface area contributed by atoms with E-state index in [9.17, 15) is 9.59 Å². The van der Waals surface area contributed by atoms with E-state index in [0.717, 1.165) is 32.4 Å². The van der Waals surface area contributed by atoms with E-state index in [2.05, 4.69) is 21.2 Å². The number of aromatic carboxylic acids is 1. The minimum Gasteiger partial charge on any atom is -0.478 e. The number of likely N-dealkylation sites (tertiary alicyclic amines) is 1. The summed E-state index contributed by atoms with van der Waals surface area (Å²) >= 11 is 3.22. The first-order chi connectivity index (χ1) is 9.08. The van der Waals surface area contributed by atoms with E-state index in [4.69, 9.17) is 5.11 Å². The molecule has 2 N–H and O–H groups in total. The molecule has 0 unspecified atom stereocenters. The summed E-state index contributed by atoms with van der Waals surface area (Å²) in [7, 11) is 0. The molecular weight excluding hydrogens is 312 g/mol. The summed E-state index contributed by atoms with van der Waals surface area (Å²) in [5, 5.41) is 11.8. The smallest absolute Gasteiger partial charge is 0.337 e. The molecular formula is C13H15BrN2O3. The van der Waals surface area contributed by atoms with Crippen LogP contribution in [0.15, 0.2) is 22.7 Å². The Morgan fingerprint density at radius 2 is 1.89 bits per heavy atom. The molecule has 1 aromatic carbocycles. The van der Waals surface area contributed by atoms with Gasteiger partial charge >= 0.3 is 12.0 Å². The monoisotopic (exact) mass is 326 g/mol. The fourth-order valence-electron chi connectivity index (χ4n) is 2.09. The molecule has 0 radical (unpaired) electrons. The second-order valence-electron chi connectivity index (χ2n) is 4.47. The van der Waals surface area contributed by atoms with Crippen molar-refractivity contribution < 1.29 is 14.7 Å². The molecule has 1 heterocycles. The maximum absolute atomic E-state index is 12.0. The minimum atomic E-state index is -1.06. The van der Waals surface area contributed by atoms with Crippen molar-refractivity contribution in [3.8, 4) is 0 Å². The van der Waals surface area contributed by atoms with Gasteiger partial charge in [0.25, 0.3) is 0 Å². The van der Waals surface area contributed by atoms with Crippen LogP contribution in [-0.2, 0) is 0 Å². The van der Waals surface area contributed by atoms with E-state index in [1.165, 1.54) is 6.07 Å².